The molecular formula is C16H18FNO2. The van der Waals surface area contributed by atoms with Crippen LogP contribution in [0.4, 0.5) is 4.39 Å². The fourth-order valence-electron chi connectivity index (χ4n) is 2.14. The molecule has 0 saturated heterocycles. The Kier molecular flexibility index (Phi) is 4.69. The third-order valence-corrected chi connectivity index (χ3v) is 3.12. The number of hydrogen-bond donors (Lipinski definition) is 1. The number of ether oxygens (including phenoxy) is 1. The minimum absolute atomic E-state index is 0.0457. The van der Waals surface area contributed by atoms with Gasteiger partial charge in [-0.25, -0.2) is 4.39 Å². The van der Waals surface area contributed by atoms with Gasteiger partial charge in [0.25, 0.3) is 5.91 Å². The van der Waals surface area contributed by atoms with Gasteiger partial charge in [0.2, 0.25) is 0 Å². The van der Waals surface area contributed by atoms with Crippen molar-refractivity contribution in [1.29, 1.82) is 0 Å². The largest absolute Gasteiger partial charge is 0.377 e. The lowest BCUT2D eigenvalue weighted by Gasteiger charge is -2.13. The fourth-order valence-corrected chi connectivity index (χ4v) is 2.14. The highest BCUT2D eigenvalue weighted by atomic mass is 19.1. The zero-order valence-corrected chi connectivity index (χ0v) is 11.7. The third kappa shape index (κ3) is 3.14. The highest BCUT2D eigenvalue weighted by molar-refractivity contribution is 6.07. The van der Waals surface area contributed by atoms with Crippen molar-refractivity contribution in [3.63, 3.8) is 0 Å². The number of carbonyl (C=O) groups excluding carboxylic acids is 1. The smallest absolute Gasteiger partial charge is 0.252 e. The first-order valence-corrected chi connectivity index (χ1v) is 6.70. The minimum Gasteiger partial charge on any atom is -0.377 e. The van der Waals surface area contributed by atoms with E-state index >= 15 is 0 Å². The Hall–Kier alpha value is -1.94. The maximum absolute atomic E-state index is 13.7. The first-order chi connectivity index (χ1) is 9.63. The summed E-state index contributed by atoms with van der Waals surface area (Å²) in [5.41, 5.74) is 0.477. The van der Waals surface area contributed by atoms with E-state index in [-0.39, 0.29) is 17.8 Å². The van der Waals surface area contributed by atoms with Crippen LogP contribution in [0.25, 0.3) is 10.8 Å². The van der Waals surface area contributed by atoms with Crippen LogP contribution in [0, 0.1) is 5.82 Å². The summed E-state index contributed by atoms with van der Waals surface area (Å²) in [5, 5.41) is 3.88. The van der Waals surface area contributed by atoms with Crippen molar-refractivity contribution in [2.75, 3.05) is 13.2 Å². The molecule has 0 spiro atoms. The molecule has 0 fully saturated rings. The van der Waals surface area contributed by atoms with Crippen LogP contribution in [-0.4, -0.2) is 25.2 Å². The van der Waals surface area contributed by atoms with Crippen molar-refractivity contribution in [3.05, 3.63) is 47.8 Å². The van der Waals surface area contributed by atoms with Crippen LogP contribution in [0.15, 0.2) is 36.4 Å². The quantitative estimate of drug-likeness (QED) is 0.910. The molecule has 0 heterocycles. The molecule has 0 saturated carbocycles. The second-order valence-corrected chi connectivity index (χ2v) is 4.62. The minimum atomic E-state index is -0.320. The van der Waals surface area contributed by atoms with Crippen LogP contribution < -0.4 is 5.32 Å². The second-order valence-electron chi connectivity index (χ2n) is 4.62. The molecule has 20 heavy (non-hydrogen) atoms. The van der Waals surface area contributed by atoms with Crippen LogP contribution in [0.1, 0.15) is 24.2 Å². The number of halogens is 1. The van der Waals surface area contributed by atoms with Gasteiger partial charge in [0.15, 0.2) is 0 Å². The van der Waals surface area contributed by atoms with Crippen molar-refractivity contribution >= 4 is 16.7 Å². The maximum atomic E-state index is 13.7. The molecule has 0 bridgehead atoms. The molecule has 0 aliphatic carbocycles. The van der Waals surface area contributed by atoms with Crippen molar-refractivity contribution in [2.45, 2.75) is 20.0 Å². The molecule has 2 rings (SSSR count). The molecule has 1 unspecified atom stereocenters. The molecule has 106 valence electrons. The molecule has 1 amide bonds. The predicted molar refractivity (Wildman–Crippen MR) is 77.3 cm³/mol. The highest BCUT2D eigenvalue weighted by Crippen LogP contribution is 2.21. The number of rotatable bonds is 5. The van der Waals surface area contributed by atoms with Gasteiger partial charge in [0.05, 0.1) is 6.10 Å². The van der Waals surface area contributed by atoms with Crippen LogP contribution in [0.5, 0.6) is 0 Å². The van der Waals surface area contributed by atoms with Crippen molar-refractivity contribution in [1.82, 2.24) is 5.32 Å². The average molecular weight is 275 g/mol. The van der Waals surface area contributed by atoms with Crippen molar-refractivity contribution in [3.8, 4) is 0 Å². The molecule has 0 aromatic heterocycles. The summed E-state index contributed by atoms with van der Waals surface area (Å²) in [4.78, 5) is 12.2. The molecular weight excluding hydrogens is 257 g/mol. The summed E-state index contributed by atoms with van der Waals surface area (Å²) in [5.74, 6) is -0.535. The van der Waals surface area contributed by atoms with Gasteiger partial charge in [-0.2, -0.15) is 0 Å². The van der Waals surface area contributed by atoms with Crippen LogP contribution in [0.2, 0.25) is 0 Å². The molecule has 2 aromatic carbocycles. The van der Waals surface area contributed by atoms with Crippen molar-refractivity contribution < 1.29 is 13.9 Å². The lowest BCUT2D eigenvalue weighted by molar-refractivity contribution is 0.0695. The van der Waals surface area contributed by atoms with E-state index in [9.17, 15) is 9.18 Å². The Bertz CT molecular complexity index is 612. The lowest BCUT2D eigenvalue weighted by atomic mass is 10.0. The molecule has 3 nitrogen and oxygen atoms in total. The van der Waals surface area contributed by atoms with Gasteiger partial charge < -0.3 is 10.1 Å². The number of benzene rings is 2. The van der Waals surface area contributed by atoms with Gasteiger partial charge >= 0.3 is 0 Å². The summed E-state index contributed by atoms with van der Waals surface area (Å²) in [6, 6.07) is 9.80. The number of hydrogen-bond acceptors (Lipinski definition) is 2. The van der Waals surface area contributed by atoms with E-state index in [1.807, 2.05) is 13.8 Å². The predicted octanol–water partition coefficient (Wildman–Crippen LogP) is 3.13. The lowest BCUT2D eigenvalue weighted by Crippen LogP contribution is -2.32. The third-order valence-electron chi connectivity index (χ3n) is 3.12. The van der Waals surface area contributed by atoms with Gasteiger partial charge in [-0.05, 0) is 31.4 Å². The Labute approximate surface area is 117 Å². The first kappa shape index (κ1) is 14.5. The maximum Gasteiger partial charge on any atom is 0.252 e. The van der Waals surface area contributed by atoms with Gasteiger partial charge in [0, 0.05) is 24.1 Å². The monoisotopic (exact) mass is 275 g/mol. The van der Waals surface area contributed by atoms with Crippen molar-refractivity contribution in [2.24, 2.45) is 0 Å². The molecule has 4 heteroatoms. The van der Waals surface area contributed by atoms with E-state index in [4.69, 9.17) is 4.74 Å². The summed E-state index contributed by atoms with van der Waals surface area (Å²) in [7, 11) is 0. The van der Waals surface area contributed by atoms with E-state index < -0.39 is 0 Å². The standard InChI is InChI=1S/C16H18FNO2/c1-3-20-11(2)10-18-16(19)14-8-9-15(17)13-7-5-4-6-12(13)14/h4-9,11H,3,10H2,1-2H3,(H,18,19). The molecule has 1 atom stereocenters. The topological polar surface area (TPSA) is 38.3 Å². The number of nitrogens with one attached hydrogen (secondary N) is 1. The second kappa shape index (κ2) is 6.48. The van der Waals surface area contributed by atoms with Gasteiger partial charge in [0.1, 0.15) is 5.82 Å². The molecule has 0 radical (unpaired) electrons. The summed E-state index contributed by atoms with van der Waals surface area (Å²) < 4.78 is 19.1. The summed E-state index contributed by atoms with van der Waals surface area (Å²) in [6.07, 6.45) is -0.0457. The van der Waals surface area contributed by atoms with E-state index in [0.29, 0.717) is 29.5 Å². The molecule has 1 N–H and O–H groups in total. The summed E-state index contributed by atoms with van der Waals surface area (Å²) in [6.45, 7) is 4.84. The summed E-state index contributed by atoms with van der Waals surface area (Å²) >= 11 is 0. The number of amides is 1. The molecule has 0 aliphatic heterocycles. The SMILES string of the molecule is CCOC(C)CNC(=O)c1ccc(F)c2ccccc12. The van der Waals surface area contributed by atoms with E-state index in [0.717, 1.165) is 0 Å². The normalized spacial score (nSPS) is 12.3. The van der Waals surface area contributed by atoms with Gasteiger partial charge in [-0.1, -0.05) is 24.3 Å². The van der Waals surface area contributed by atoms with E-state index in [2.05, 4.69) is 5.32 Å². The Morgan fingerprint density at radius 1 is 1.25 bits per heavy atom. The number of fused-ring (bicyclic) bond motifs is 1. The highest BCUT2D eigenvalue weighted by Gasteiger charge is 2.13. The Morgan fingerprint density at radius 3 is 2.65 bits per heavy atom. The first-order valence-electron chi connectivity index (χ1n) is 6.70. The van der Waals surface area contributed by atoms with Crippen LogP contribution >= 0.6 is 0 Å². The number of carbonyl (C=O) groups is 1. The zero-order valence-electron chi connectivity index (χ0n) is 11.7. The van der Waals surface area contributed by atoms with E-state index in [1.54, 1.807) is 24.3 Å². The van der Waals surface area contributed by atoms with Crippen LogP contribution in [-0.2, 0) is 4.74 Å². The zero-order chi connectivity index (χ0) is 14.5. The molecule has 2 aromatic rings. The van der Waals surface area contributed by atoms with E-state index in [1.165, 1.54) is 12.1 Å². The Balaban J connectivity index is 2.20. The Morgan fingerprint density at radius 2 is 1.95 bits per heavy atom. The van der Waals surface area contributed by atoms with Gasteiger partial charge in [-0.3, -0.25) is 4.79 Å². The average Bonchev–Trinajstić information content (AvgIpc) is 2.46. The molecule has 0 aliphatic rings. The van der Waals surface area contributed by atoms with Gasteiger partial charge in [-0.15, -0.1) is 0 Å². The van der Waals surface area contributed by atoms with Crippen LogP contribution in [0.3, 0.4) is 0 Å². The fraction of sp³-hybridized carbons (Fsp3) is 0.312.